The highest BCUT2D eigenvalue weighted by molar-refractivity contribution is 5.82. The number of hydrogen-bond donors (Lipinski definition) is 2. The van der Waals surface area contributed by atoms with E-state index in [9.17, 15) is 4.79 Å². The number of nitrogens with one attached hydrogen (secondary N) is 2. The highest BCUT2D eigenvalue weighted by Crippen LogP contribution is 2.48. The SMILES string of the molecule is O=C(NCC1CC1)C1[C@H]2CNC[C@@H]12. The fourth-order valence-corrected chi connectivity index (χ4v) is 2.49. The first kappa shape index (κ1) is 7.80. The third-order valence-electron chi connectivity index (χ3n) is 3.66. The summed E-state index contributed by atoms with van der Waals surface area (Å²) >= 11 is 0. The van der Waals surface area contributed by atoms with Crippen LogP contribution in [0.5, 0.6) is 0 Å². The topological polar surface area (TPSA) is 41.1 Å². The second-order valence-electron chi connectivity index (χ2n) is 4.70. The van der Waals surface area contributed by atoms with Crippen LogP contribution in [0.2, 0.25) is 0 Å². The van der Waals surface area contributed by atoms with Crippen LogP contribution >= 0.6 is 0 Å². The van der Waals surface area contributed by atoms with Gasteiger partial charge in [0.25, 0.3) is 0 Å². The lowest BCUT2D eigenvalue weighted by molar-refractivity contribution is -0.123. The molecule has 1 saturated heterocycles. The van der Waals surface area contributed by atoms with Gasteiger partial charge in [0.1, 0.15) is 0 Å². The number of fused-ring (bicyclic) bond motifs is 1. The minimum absolute atomic E-state index is 0.323. The van der Waals surface area contributed by atoms with Gasteiger partial charge in [0.15, 0.2) is 0 Å². The monoisotopic (exact) mass is 180 g/mol. The predicted molar refractivity (Wildman–Crippen MR) is 49.1 cm³/mol. The normalized spacial score (nSPS) is 41.4. The van der Waals surface area contributed by atoms with E-state index >= 15 is 0 Å². The van der Waals surface area contributed by atoms with Crippen molar-refractivity contribution in [2.75, 3.05) is 19.6 Å². The number of hydrogen-bond acceptors (Lipinski definition) is 2. The lowest BCUT2D eigenvalue weighted by atomic mass is 10.2. The molecule has 3 nitrogen and oxygen atoms in total. The van der Waals surface area contributed by atoms with Gasteiger partial charge in [-0.2, -0.15) is 0 Å². The van der Waals surface area contributed by atoms with E-state index in [0.29, 0.717) is 23.7 Å². The molecule has 2 aliphatic carbocycles. The van der Waals surface area contributed by atoms with Gasteiger partial charge in [-0.05, 0) is 43.7 Å². The second kappa shape index (κ2) is 2.71. The van der Waals surface area contributed by atoms with E-state index in [1.54, 1.807) is 0 Å². The highest BCUT2D eigenvalue weighted by atomic mass is 16.2. The Morgan fingerprint density at radius 3 is 2.62 bits per heavy atom. The maximum atomic E-state index is 11.6. The van der Waals surface area contributed by atoms with Crippen LogP contribution in [0.1, 0.15) is 12.8 Å². The van der Waals surface area contributed by atoms with Gasteiger partial charge in [-0.1, -0.05) is 0 Å². The summed E-state index contributed by atoms with van der Waals surface area (Å²) in [6, 6.07) is 0. The van der Waals surface area contributed by atoms with Crippen molar-refractivity contribution in [1.29, 1.82) is 0 Å². The standard InChI is InChI=1S/C10H16N2O/c13-10(12-3-6-1-2-6)9-7-4-11-5-8(7)9/h6-9,11H,1-5H2,(H,12,13)/t7-,8+,9?. The van der Waals surface area contributed by atoms with Crippen molar-refractivity contribution in [2.24, 2.45) is 23.7 Å². The Morgan fingerprint density at radius 1 is 1.31 bits per heavy atom. The Bertz CT molecular complexity index is 227. The van der Waals surface area contributed by atoms with Gasteiger partial charge in [-0.25, -0.2) is 0 Å². The Morgan fingerprint density at radius 2 is 2.00 bits per heavy atom. The molecular formula is C10H16N2O. The van der Waals surface area contributed by atoms with E-state index in [2.05, 4.69) is 10.6 Å². The summed E-state index contributed by atoms with van der Waals surface area (Å²) in [6.45, 7) is 3.06. The minimum Gasteiger partial charge on any atom is -0.356 e. The van der Waals surface area contributed by atoms with Crippen molar-refractivity contribution < 1.29 is 4.79 Å². The second-order valence-corrected chi connectivity index (χ2v) is 4.70. The molecule has 2 N–H and O–H groups in total. The lowest BCUT2D eigenvalue weighted by Crippen LogP contribution is -2.31. The highest BCUT2D eigenvalue weighted by Gasteiger charge is 2.56. The molecule has 0 bridgehead atoms. The van der Waals surface area contributed by atoms with Crippen molar-refractivity contribution in [2.45, 2.75) is 12.8 Å². The van der Waals surface area contributed by atoms with Crippen LogP contribution in [0, 0.1) is 23.7 Å². The van der Waals surface area contributed by atoms with Gasteiger partial charge in [0, 0.05) is 12.5 Å². The van der Waals surface area contributed by atoms with Gasteiger partial charge in [0.2, 0.25) is 5.91 Å². The summed E-state index contributed by atoms with van der Waals surface area (Å²) in [5.74, 6) is 2.82. The van der Waals surface area contributed by atoms with Crippen LogP contribution < -0.4 is 10.6 Å². The maximum Gasteiger partial charge on any atom is 0.223 e. The molecule has 3 atom stereocenters. The first-order valence-electron chi connectivity index (χ1n) is 5.34. The summed E-state index contributed by atoms with van der Waals surface area (Å²) in [5, 5.41) is 6.37. The fraction of sp³-hybridized carbons (Fsp3) is 0.900. The molecule has 0 spiro atoms. The summed E-state index contributed by atoms with van der Waals surface area (Å²) in [6.07, 6.45) is 2.64. The van der Waals surface area contributed by atoms with E-state index in [1.165, 1.54) is 12.8 Å². The average molecular weight is 180 g/mol. The summed E-state index contributed by atoms with van der Waals surface area (Å²) < 4.78 is 0. The zero-order chi connectivity index (χ0) is 8.84. The van der Waals surface area contributed by atoms with Crippen LogP contribution in [0.4, 0.5) is 0 Å². The molecular weight excluding hydrogens is 164 g/mol. The lowest BCUT2D eigenvalue weighted by Gasteiger charge is -2.05. The van der Waals surface area contributed by atoms with Gasteiger partial charge < -0.3 is 10.6 Å². The number of carbonyl (C=O) groups excluding carboxylic acids is 1. The number of amides is 1. The average Bonchev–Trinajstić information content (AvgIpc) is 3.03. The molecule has 0 aromatic rings. The molecule has 13 heavy (non-hydrogen) atoms. The van der Waals surface area contributed by atoms with Gasteiger partial charge in [-0.3, -0.25) is 4.79 Å². The molecule has 3 rings (SSSR count). The van der Waals surface area contributed by atoms with Gasteiger partial charge >= 0.3 is 0 Å². The Hall–Kier alpha value is -0.570. The Labute approximate surface area is 78.3 Å². The molecule has 1 amide bonds. The molecule has 1 unspecified atom stereocenters. The third-order valence-corrected chi connectivity index (χ3v) is 3.66. The van der Waals surface area contributed by atoms with E-state index in [1.807, 2.05) is 0 Å². The molecule has 1 aliphatic heterocycles. The van der Waals surface area contributed by atoms with E-state index < -0.39 is 0 Å². The molecule has 1 heterocycles. The number of piperidine rings is 1. The zero-order valence-corrected chi connectivity index (χ0v) is 7.75. The number of carbonyl (C=O) groups is 1. The van der Waals surface area contributed by atoms with E-state index in [0.717, 1.165) is 25.6 Å². The molecule has 3 fully saturated rings. The molecule has 0 aromatic heterocycles. The predicted octanol–water partition coefficient (Wildman–Crippen LogP) is -0.0220. The first-order valence-corrected chi connectivity index (χ1v) is 5.34. The van der Waals surface area contributed by atoms with Crippen LogP contribution in [-0.4, -0.2) is 25.5 Å². The van der Waals surface area contributed by atoms with Crippen molar-refractivity contribution in [3.05, 3.63) is 0 Å². The van der Waals surface area contributed by atoms with Crippen molar-refractivity contribution in [3.8, 4) is 0 Å². The molecule has 3 heteroatoms. The summed E-state index contributed by atoms with van der Waals surface area (Å²) in [5.41, 5.74) is 0. The quantitative estimate of drug-likeness (QED) is 0.641. The summed E-state index contributed by atoms with van der Waals surface area (Å²) in [7, 11) is 0. The van der Waals surface area contributed by atoms with Crippen LogP contribution in [-0.2, 0) is 4.79 Å². The van der Waals surface area contributed by atoms with Crippen LogP contribution in [0.15, 0.2) is 0 Å². The zero-order valence-electron chi connectivity index (χ0n) is 7.75. The Balaban J connectivity index is 1.47. The molecule has 3 aliphatic rings. The van der Waals surface area contributed by atoms with Crippen molar-refractivity contribution in [1.82, 2.24) is 10.6 Å². The van der Waals surface area contributed by atoms with Crippen LogP contribution in [0.3, 0.4) is 0 Å². The third kappa shape index (κ3) is 1.35. The smallest absolute Gasteiger partial charge is 0.223 e. The van der Waals surface area contributed by atoms with E-state index in [-0.39, 0.29) is 0 Å². The Kier molecular flexibility index (Phi) is 1.62. The van der Waals surface area contributed by atoms with Gasteiger partial charge in [0.05, 0.1) is 0 Å². The number of rotatable bonds is 3. The minimum atomic E-state index is 0.323. The molecule has 0 aromatic carbocycles. The molecule has 0 radical (unpaired) electrons. The van der Waals surface area contributed by atoms with Crippen LogP contribution in [0.25, 0.3) is 0 Å². The van der Waals surface area contributed by atoms with Gasteiger partial charge in [-0.15, -0.1) is 0 Å². The fourth-order valence-electron chi connectivity index (χ4n) is 2.49. The maximum absolute atomic E-state index is 11.6. The van der Waals surface area contributed by atoms with Crippen molar-refractivity contribution in [3.63, 3.8) is 0 Å². The first-order chi connectivity index (χ1) is 6.36. The van der Waals surface area contributed by atoms with Crippen molar-refractivity contribution >= 4 is 5.91 Å². The molecule has 2 saturated carbocycles. The van der Waals surface area contributed by atoms with E-state index in [4.69, 9.17) is 0 Å². The summed E-state index contributed by atoms with van der Waals surface area (Å²) in [4.78, 5) is 11.6. The molecule has 72 valence electrons. The largest absolute Gasteiger partial charge is 0.356 e.